The van der Waals surface area contributed by atoms with E-state index in [1.54, 1.807) is 24.3 Å². The van der Waals surface area contributed by atoms with Gasteiger partial charge in [-0.15, -0.1) is 0 Å². The number of aliphatic carboxylic acids is 1. The van der Waals surface area contributed by atoms with Crippen LogP contribution in [0.15, 0.2) is 24.3 Å². The Balaban J connectivity index is 2.08. The molecule has 0 spiro atoms. The fourth-order valence-corrected chi connectivity index (χ4v) is 3.72. The van der Waals surface area contributed by atoms with Gasteiger partial charge in [0.1, 0.15) is 6.54 Å². The number of hydrogen-bond donors (Lipinski definition) is 1. The number of thioether (sulfide) groups is 1. The van der Waals surface area contributed by atoms with E-state index in [2.05, 4.69) is 0 Å². The maximum Gasteiger partial charge on any atom is 0.323 e. The maximum atomic E-state index is 12.5. The third-order valence-electron chi connectivity index (χ3n) is 3.54. The lowest BCUT2D eigenvalue weighted by Crippen LogP contribution is -2.37. The number of carbonyl (C=O) groups excluding carboxylic acids is 1. The van der Waals surface area contributed by atoms with Crippen molar-refractivity contribution in [3.05, 3.63) is 29.3 Å². The minimum absolute atomic E-state index is 0.128. The summed E-state index contributed by atoms with van der Waals surface area (Å²) in [5.74, 6) is 1.38. The van der Waals surface area contributed by atoms with Gasteiger partial charge in [0.05, 0.1) is 0 Å². The Bertz CT molecular complexity index is 500. The van der Waals surface area contributed by atoms with Gasteiger partial charge in [-0.25, -0.2) is 0 Å². The topological polar surface area (TPSA) is 57.6 Å². The van der Waals surface area contributed by atoms with Crippen molar-refractivity contribution in [1.82, 2.24) is 0 Å². The van der Waals surface area contributed by atoms with Gasteiger partial charge in [0.15, 0.2) is 0 Å². The van der Waals surface area contributed by atoms with Crippen LogP contribution in [-0.4, -0.2) is 35.0 Å². The van der Waals surface area contributed by atoms with Crippen LogP contribution in [0.3, 0.4) is 0 Å². The Morgan fingerprint density at radius 2 is 1.86 bits per heavy atom. The zero-order valence-corrected chi connectivity index (χ0v) is 13.2. The number of amides is 1. The van der Waals surface area contributed by atoms with Crippen molar-refractivity contribution in [3.8, 4) is 0 Å². The Labute approximate surface area is 133 Å². The SMILES string of the molecule is O=C(O)CN(C(=O)CC1CCSCC1)c1ccc(Cl)cc1. The number of benzene rings is 1. The lowest BCUT2D eigenvalue weighted by molar-refractivity contribution is -0.136. The second kappa shape index (κ2) is 7.71. The average molecular weight is 328 g/mol. The number of carbonyl (C=O) groups is 2. The Hall–Kier alpha value is -1.20. The second-order valence-corrected chi connectivity index (χ2v) is 6.77. The first-order valence-corrected chi connectivity index (χ1v) is 8.45. The fourth-order valence-electron chi connectivity index (χ4n) is 2.39. The summed E-state index contributed by atoms with van der Waals surface area (Å²) < 4.78 is 0. The number of rotatable bonds is 5. The van der Waals surface area contributed by atoms with Gasteiger partial charge in [-0.2, -0.15) is 11.8 Å². The average Bonchev–Trinajstić information content (AvgIpc) is 2.46. The summed E-state index contributed by atoms with van der Waals surface area (Å²) in [5, 5.41) is 9.59. The van der Waals surface area contributed by atoms with Crippen molar-refractivity contribution in [2.75, 3.05) is 23.0 Å². The minimum atomic E-state index is -1.02. The Morgan fingerprint density at radius 1 is 1.24 bits per heavy atom. The molecule has 114 valence electrons. The lowest BCUT2D eigenvalue weighted by Gasteiger charge is -2.26. The molecule has 0 radical (unpaired) electrons. The molecule has 1 aliphatic heterocycles. The van der Waals surface area contributed by atoms with Crippen LogP contribution in [0.2, 0.25) is 5.02 Å². The van der Waals surface area contributed by atoms with E-state index in [4.69, 9.17) is 16.7 Å². The molecule has 4 nitrogen and oxygen atoms in total. The predicted octanol–water partition coefficient (Wildman–Crippen LogP) is 3.29. The van der Waals surface area contributed by atoms with Gasteiger partial charge in [-0.3, -0.25) is 9.59 Å². The van der Waals surface area contributed by atoms with Crippen LogP contribution in [0.5, 0.6) is 0 Å². The van der Waals surface area contributed by atoms with Gasteiger partial charge in [-0.1, -0.05) is 11.6 Å². The molecule has 21 heavy (non-hydrogen) atoms. The zero-order chi connectivity index (χ0) is 15.2. The third kappa shape index (κ3) is 4.93. The van der Waals surface area contributed by atoms with E-state index in [9.17, 15) is 9.59 Å². The Kier molecular flexibility index (Phi) is 5.94. The normalized spacial score (nSPS) is 15.7. The van der Waals surface area contributed by atoms with Crippen LogP contribution in [0, 0.1) is 5.92 Å². The van der Waals surface area contributed by atoms with Gasteiger partial charge in [0, 0.05) is 17.1 Å². The van der Waals surface area contributed by atoms with Crippen LogP contribution in [-0.2, 0) is 9.59 Å². The molecule has 1 aromatic carbocycles. The van der Waals surface area contributed by atoms with E-state index in [-0.39, 0.29) is 12.5 Å². The van der Waals surface area contributed by atoms with Crippen LogP contribution >= 0.6 is 23.4 Å². The molecule has 0 aliphatic carbocycles. The number of carboxylic acids is 1. The molecule has 6 heteroatoms. The van der Waals surface area contributed by atoms with Crippen LogP contribution in [0.25, 0.3) is 0 Å². The summed E-state index contributed by atoms with van der Waals surface area (Å²) in [4.78, 5) is 24.8. The van der Waals surface area contributed by atoms with Crippen molar-refractivity contribution < 1.29 is 14.7 Å². The number of carboxylic acid groups (broad SMARTS) is 1. The molecule has 1 N–H and O–H groups in total. The molecular formula is C15H18ClNO3S. The molecule has 0 aromatic heterocycles. The molecule has 1 amide bonds. The van der Waals surface area contributed by atoms with Gasteiger partial charge < -0.3 is 10.0 Å². The van der Waals surface area contributed by atoms with E-state index in [1.807, 2.05) is 11.8 Å². The van der Waals surface area contributed by atoms with Crippen LogP contribution in [0.4, 0.5) is 5.69 Å². The number of anilines is 1. The maximum absolute atomic E-state index is 12.5. The van der Waals surface area contributed by atoms with E-state index < -0.39 is 5.97 Å². The fraction of sp³-hybridized carbons (Fsp3) is 0.467. The van der Waals surface area contributed by atoms with E-state index in [0.29, 0.717) is 23.0 Å². The number of nitrogens with zero attached hydrogens (tertiary/aromatic N) is 1. The highest BCUT2D eigenvalue weighted by Gasteiger charge is 2.23. The van der Waals surface area contributed by atoms with Gasteiger partial charge in [-0.05, 0) is 54.5 Å². The quantitative estimate of drug-likeness (QED) is 0.901. The third-order valence-corrected chi connectivity index (χ3v) is 4.84. The van der Waals surface area contributed by atoms with Crippen molar-refractivity contribution in [1.29, 1.82) is 0 Å². The highest BCUT2D eigenvalue weighted by Crippen LogP contribution is 2.27. The molecule has 0 atom stereocenters. The summed E-state index contributed by atoms with van der Waals surface area (Å²) >= 11 is 7.74. The van der Waals surface area contributed by atoms with E-state index >= 15 is 0 Å². The molecule has 0 saturated carbocycles. The molecule has 1 heterocycles. The second-order valence-electron chi connectivity index (χ2n) is 5.11. The van der Waals surface area contributed by atoms with Crippen molar-refractivity contribution in [2.45, 2.75) is 19.3 Å². The van der Waals surface area contributed by atoms with Gasteiger partial charge in [0.25, 0.3) is 0 Å². The number of hydrogen-bond acceptors (Lipinski definition) is 3. The summed E-state index contributed by atoms with van der Waals surface area (Å²) in [6, 6.07) is 6.69. The summed E-state index contributed by atoms with van der Waals surface area (Å²) in [7, 11) is 0. The smallest absolute Gasteiger partial charge is 0.323 e. The largest absolute Gasteiger partial charge is 0.480 e. The first-order valence-electron chi connectivity index (χ1n) is 6.91. The lowest BCUT2D eigenvalue weighted by atomic mass is 9.98. The first kappa shape index (κ1) is 16.2. The standard InChI is InChI=1S/C15H18ClNO3S/c16-12-1-3-13(4-2-12)17(10-15(19)20)14(18)9-11-5-7-21-8-6-11/h1-4,11H,5-10H2,(H,19,20). The summed E-state index contributed by atoms with van der Waals surface area (Å²) in [6.45, 7) is -0.318. The van der Waals surface area contributed by atoms with Crippen molar-refractivity contribution in [2.24, 2.45) is 5.92 Å². The summed E-state index contributed by atoms with van der Waals surface area (Å²) in [5.41, 5.74) is 0.581. The monoisotopic (exact) mass is 327 g/mol. The van der Waals surface area contributed by atoms with Gasteiger partial charge >= 0.3 is 5.97 Å². The van der Waals surface area contributed by atoms with E-state index in [0.717, 1.165) is 24.3 Å². The molecular weight excluding hydrogens is 310 g/mol. The molecule has 1 fully saturated rings. The minimum Gasteiger partial charge on any atom is -0.480 e. The Morgan fingerprint density at radius 3 is 2.43 bits per heavy atom. The predicted molar refractivity (Wildman–Crippen MR) is 86.1 cm³/mol. The molecule has 1 aliphatic rings. The van der Waals surface area contributed by atoms with Crippen molar-refractivity contribution >= 4 is 40.9 Å². The molecule has 1 saturated heterocycles. The highest BCUT2D eigenvalue weighted by molar-refractivity contribution is 7.99. The van der Waals surface area contributed by atoms with Crippen LogP contribution < -0.4 is 4.90 Å². The molecule has 1 aromatic rings. The molecule has 0 unspecified atom stereocenters. The van der Waals surface area contributed by atoms with Crippen molar-refractivity contribution in [3.63, 3.8) is 0 Å². The van der Waals surface area contributed by atoms with Gasteiger partial charge in [0.2, 0.25) is 5.91 Å². The highest BCUT2D eigenvalue weighted by atomic mass is 35.5. The zero-order valence-electron chi connectivity index (χ0n) is 11.6. The van der Waals surface area contributed by atoms with Crippen LogP contribution in [0.1, 0.15) is 19.3 Å². The number of halogens is 1. The van der Waals surface area contributed by atoms with E-state index in [1.165, 1.54) is 4.90 Å². The summed E-state index contributed by atoms with van der Waals surface area (Å²) in [6.07, 6.45) is 2.46. The first-order chi connectivity index (χ1) is 10.1. The molecule has 2 rings (SSSR count). The molecule has 0 bridgehead atoms.